The van der Waals surface area contributed by atoms with E-state index in [-0.39, 0.29) is 31.1 Å². The summed E-state index contributed by atoms with van der Waals surface area (Å²) in [6.45, 7) is 11.4. The molecule has 0 spiro atoms. The fourth-order valence-electron chi connectivity index (χ4n) is 7.96. The highest BCUT2D eigenvalue weighted by molar-refractivity contribution is 5.71. The standard InChI is InChI=1S/C53H102O6/c1-6-8-9-10-11-21-28-33-38-43-51(54)57-46-50(59-53(56)45-40-35-30-25-20-16-17-22-26-31-36-41-48(3)4)47-58-52(55)44-39-34-29-24-19-15-13-12-14-18-23-27-32-37-42-49(5)7-2/h48-50H,6-47H2,1-5H3/t49?,50-/m0/s1. The Morgan fingerprint density at radius 2 is 0.644 bits per heavy atom. The van der Waals surface area contributed by atoms with Gasteiger partial charge < -0.3 is 14.2 Å². The largest absolute Gasteiger partial charge is 0.462 e. The molecule has 0 aromatic carbocycles. The molecule has 1 unspecified atom stereocenters. The molecule has 0 aliphatic rings. The molecule has 2 atom stereocenters. The van der Waals surface area contributed by atoms with Crippen molar-refractivity contribution in [3.05, 3.63) is 0 Å². The second kappa shape index (κ2) is 45.9. The lowest BCUT2D eigenvalue weighted by Crippen LogP contribution is -2.30. The first kappa shape index (κ1) is 57.4. The molecular formula is C53H102O6. The maximum atomic E-state index is 12.8. The van der Waals surface area contributed by atoms with Crippen molar-refractivity contribution < 1.29 is 28.6 Å². The van der Waals surface area contributed by atoms with E-state index in [1.54, 1.807) is 0 Å². The van der Waals surface area contributed by atoms with Crippen LogP contribution in [-0.4, -0.2) is 37.2 Å². The van der Waals surface area contributed by atoms with Crippen molar-refractivity contribution in [3.63, 3.8) is 0 Å². The molecule has 0 aromatic heterocycles. The van der Waals surface area contributed by atoms with Crippen LogP contribution in [0.1, 0.15) is 291 Å². The molecule has 0 heterocycles. The fraction of sp³-hybridized carbons (Fsp3) is 0.943. The minimum Gasteiger partial charge on any atom is -0.462 e. The van der Waals surface area contributed by atoms with Crippen molar-refractivity contribution in [2.75, 3.05) is 13.2 Å². The van der Waals surface area contributed by atoms with Crippen molar-refractivity contribution in [3.8, 4) is 0 Å². The number of carbonyl (C=O) groups excluding carboxylic acids is 3. The van der Waals surface area contributed by atoms with E-state index in [4.69, 9.17) is 14.2 Å². The van der Waals surface area contributed by atoms with Gasteiger partial charge in [0.05, 0.1) is 0 Å². The smallest absolute Gasteiger partial charge is 0.306 e. The number of hydrogen-bond acceptors (Lipinski definition) is 6. The Morgan fingerprint density at radius 1 is 0.356 bits per heavy atom. The Balaban J connectivity index is 4.25. The fourth-order valence-corrected chi connectivity index (χ4v) is 7.96. The number of carbonyl (C=O) groups is 3. The van der Waals surface area contributed by atoms with E-state index >= 15 is 0 Å². The summed E-state index contributed by atoms with van der Waals surface area (Å²) in [5, 5.41) is 0. The maximum absolute atomic E-state index is 12.8. The number of esters is 3. The van der Waals surface area contributed by atoms with Crippen LogP contribution >= 0.6 is 0 Å². The van der Waals surface area contributed by atoms with E-state index in [2.05, 4.69) is 34.6 Å². The van der Waals surface area contributed by atoms with Gasteiger partial charge in [-0.15, -0.1) is 0 Å². The van der Waals surface area contributed by atoms with Crippen LogP contribution in [-0.2, 0) is 28.6 Å². The van der Waals surface area contributed by atoms with Gasteiger partial charge in [-0.3, -0.25) is 14.4 Å². The normalized spacial score (nSPS) is 12.5. The third-order valence-electron chi connectivity index (χ3n) is 12.3. The Hall–Kier alpha value is -1.59. The van der Waals surface area contributed by atoms with Crippen LogP contribution in [0.3, 0.4) is 0 Å². The molecule has 6 nitrogen and oxygen atoms in total. The molecule has 0 saturated carbocycles. The summed E-state index contributed by atoms with van der Waals surface area (Å²) in [6.07, 6.45) is 46.6. The summed E-state index contributed by atoms with van der Waals surface area (Å²) in [6, 6.07) is 0. The molecular weight excluding hydrogens is 733 g/mol. The zero-order valence-corrected chi connectivity index (χ0v) is 40.4. The Labute approximate surface area is 368 Å². The Morgan fingerprint density at radius 3 is 0.966 bits per heavy atom. The molecule has 0 N–H and O–H groups in total. The van der Waals surface area contributed by atoms with Gasteiger partial charge in [0.25, 0.3) is 0 Å². The minimum absolute atomic E-state index is 0.0636. The van der Waals surface area contributed by atoms with Crippen molar-refractivity contribution in [1.29, 1.82) is 0 Å². The van der Waals surface area contributed by atoms with Gasteiger partial charge in [0.2, 0.25) is 0 Å². The molecule has 0 bridgehead atoms. The number of rotatable bonds is 47. The molecule has 350 valence electrons. The molecule has 59 heavy (non-hydrogen) atoms. The zero-order chi connectivity index (χ0) is 43.3. The van der Waals surface area contributed by atoms with Crippen molar-refractivity contribution in [2.24, 2.45) is 11.8 Å². The van der Waals surface area contributed by atoms with E-state index in [0.717, 1.165) is 69.6 Å². The average Bonchev–Trinajstić information content (AvgIpc) is 3.22. The van der Waals surface area contributed by atoms with Gasteiger partial charge in [-0.2, -0.15) is 0 Å². The first-order valence-corrected chi connectivity index (χ1v) is 26.3. The van der Waals surface area contributed by atoms with E-state index in [1.807, 2.05) is 0 Å². The number of hydrogen-bond donors (Lipinski definition) is 0. The van der Waals surface area contributed by atoms with Gasteiger partial charge in [0.15, 0.2) is 6.10 Å². The Bertz CT molecular complexity index is 902. The summed E-state index contributed by atoms with van der Waals surface area (Å²) < 4.78 is 16.8. The van der Waals surface area contributed by atoms with Crippen LogP contribution in [0, 0.1) is 11.8 Å². The van der Waals surface area contributed by atoms with Crippen LogP contribution < -0.4 is 0 Å². The third kappa shape index (κ3) is 45.8. The van der Waals surface area contributed by atoms with Crippen molar-refractivity contribution in [1.82, 2.24) is 0 Å². The van der Waals surface area contributed by atoms with E-state index < -0.39 is 6.10 Å². The predicted molar refractivity (Wildman–Crippen MR) is 252 cm³/mol. The lowest BCUT2D eigenvalue weighted by atomic mass is 9.99. The number of ether oxygens (including phenoxy) is 3. The molecule has 0 radical (unpaired) electrons. The molecule has 0 aliphatic heterocycles. The minimum atomic E-state index is -0.761. The van der Waals surface area contributed by atoms with Crippen molar-refractivity contribution in [2.45, 2.75) is 298 Å². The summed E-state index contributed by atoms with van der Waals surface area (Å²) in [7, 11) is 0. The highest BCUT2D eigenvalue weighted by Gasteiger charge is 2.19. The van der Waals surface area contributed by atoms with Gasteiger partial charge >= 0.3 is 17.9 Å². The van der Waals surface area contributed by atoms with Gasteiger partial charge in [0, 0.05) is 19.3 Å². The van der Waals surface area contributed by atoms with Gasteiger partial charge in [-0.25, -0.2) is 0 Å². The second-order valence-corrected chi connectivity index (χ2v) is 18.9. The molecule has 0 aromatic rings. The summed E-state index contributed by atoms with van der Waals surface area (Å²) >= 11 is 0. The second-order valence-electron chi connectivity index (χ2n) is 18.9. The van der Waals surface area contributed by atoms with Crippen LogP contribution in [0.15, 0.2) is 0 Å². The first-order valence-electron chi connectivity index (χ1n) is 26.3. The third-order valence-corrected chi connectivity index (χ3v) is 12.3. The Kier molecular flexibility index (Phi) is 44.7. The molecule has 6 heteroatoms. The van der Waals surface area contributed by atoms with Gasteiger partial charge in [-0.1, -0.05) is 253 Å². The molecule has 0 saturated heterocycles. The zero-order valence-electron chi connectivity index (χ0n) is 40.4. The lowest BCUT2D eigenvalue weighted by molar-refractivity contribution is -0.167. The van der Waals surface area contributed by atoms with Gasteiger partial charge in [-0.05, 0) is 31.1 Å². The maximum Gasteiger partial charge on any atom is 0.306 e. The van der Waals surface area contributed by atoms with Crippen LogP contribution in [0.4, 0.5) is 0 Å². The summed E-state index contributed by atoms with van der Waals surface area (Å²) in [4.78, 5) is 37.9. The van der Waals surface area contributed by atoms with Crippen LogP contribution in [0.5, 0.6) is 0 Å². The quantitative estimate of drug-likeness (QED) is 0.0345. The van der Waals surface area contributed by atoms with E-state index in [9.17, 15) is 14.4 Å². The van der Waals surface area contributed by atoms with E-state index in [1.165, 1.54) is 180 Å². The molecule has 0 rings (SSSR count). The van der Waals surface area contributed by atoms with Gasteiger partial charge in [0.1, 0.15) is 13.2 Å². The average molecular weight is 835 g/mol. The monoisotopic (exact) mass is 835 g/mol. The van der Waals surface area contributed by atoms with Crippen molar-refractivity contribution >= 4 is 17.9 Å². The number of unbranched alkanes of at least 4 members (excludes halogenated alkanes) is 31. The summed E-state index contributed by atoms with van der Waals surface area (Å²) in [5.41, 5.74) is 0. The van der Waals surface area contributed by atoms with Crippen LogP contribution in [0.2, 0.25) is 0 Å². The highest BCUT2D eigenvalue weighted by Crippen LogP contribution is 2.18. The first-order chi connectivity index (χ1) is 28.8. The molecule has 0 amide bonds. The molecule has 0 aliphatic carbocycles. The lowest BCUT2D eigenvalue weighted by Gasteiger charge is -2.18. The van der Waals surface area contributed by atoms with E-state index in [0.29, 0.717) is 19.3 Å². The topological polar surface area (TPSA) is 78.9 Å². The highest BCUT2D eigenvalue weighted by atomic mass is 16.6. The van der Waals surface area contributed by atoms with Crippen LogP contribution in [0.25, 0.3) is 0 Å². The summed E-state index contributed by atoms with van der Waals surface area (Å²) in [5.74, 6) is 0.871. The predicted octanol–water partition coefficient (Wildman–Crippen LogP) is 16.9. The molecule has 0 fully saturated rings. The SMILES string of the molecule is CCCCCCCCCCCC(=O)OC[C@@H](COC(=O)CCCCCCCCCCCCCCCCC(C)CC)OC(=O)CCCCCCCCCCCCCC(C)C.